The molecule has 1 aliphatic heterocycles. The van der Waals surface area contributed by atoms with Crippen LogP contribution in [0.5, 0.6) is 0 Å². The molecule has 1 saturated heterocycles. The van der Waals surface area contributed by atoms with Crippen molar-refractivity contribution in [2.45, 2.75) is 50.6 Å². The van der Waals surface area contributed by atoms with Crippen LogP contribution in [-0.2, 0) is 7.05 Å². The molecule has 2 heterocycles. The minimum Gasteiger partial charge on any atom is -0.381 e. The Kier molecular flexibility index (Phi) is 4.10. The van der Waals surface area contributed by atoms with E-state index >= 15 is 0 Å². The lowest BCUT2D eigenvalue weighted by molar-refractivity contribution is 0.286. The SMILES string of the molecule is Cn1cc(NC2CCCC2C2CCCCN2)ccc1=O. The second kappa shape index (κ2) is 6.00. The fourth-order valence-electron chi connectivity index (χ4n) is 3.79. The van der Waals surface area contributed by atoms with Crippen molar-refractivity contribution in [1.29, 1.82) is 0 Å². The van der Waals surface area contributed by atoms with Crippen molar-refractivity contribution in [2.24, 2.45) is 13.0 Å². The summed E-state index contributed by atoms with van der Waals surface area (Å²) in [6, 6.07) is 4.77. The minimum absolute atomic E-state index is 0.0486. The molecule has 1 aromatic rings. The summed E-state index contributed by atoms with van der Waals surface area (Å²) in [5.41, 5.74) is 1.12. The van der Waals surface area contributed by atoms with E-state index in [0.29, 0.717) is 12.1 Å². The monoisotopic (exact) mass is 275 g/mol. The maximum absolute atomic E-state index is 11.4. The van der Waals surface area contributed by atoms with Crippen molar-refractivity contribution in [3.8, 4) is 0 Å². The zero-order chi connectivity index (χ0) is 13.9. The second-order valence-corrected chi connectivity index (χ2v) is 6.27. The van der Waals surface area contributed by atoms with Crippen LogP contribution >= 0.6 is 0 Å². The van der Waals surface area contributed by atoms with Crippen LogP contribution in [0, 0.1) is 5.92 Å². The first-order chi connectivity index (χ1) is 9.74. The Morgan fingerprint density at radius 2 is 2.10 bits per heavy atom. The van der Waals surface area contributed by atoms with Crippen LogP contribution < -0.4 is 16.2 Å². The van der Waals surface area contributed by atoms with Crippen molar-refractivity contribution in [1.82, 2.24) is 9.88 Å². The Morgan fingerprint density at radius 1 is 1.20 bits per heavy atom. The number of hydrogen-bond acceptors (Lipinski definition) is 3. The van der Waals surface area contributed by atoms with E-state index in [-0.39, 0.29) is 5.56 Å². The molecule has 20 heavy (non-hydrogen) atoms. The summed E-state index contributed by atoms with van der Waals surface area (Å²) in [6.07, 6.45) is 9.78. The van der Waals surface area contributed by atoms with Gasteiger partial charge in [-0.05, 0) is 44.2 Å². The zero-order valence-corrected chi connectivity index (χ0v) is 12.3. The fourth-order valence-corrected chi connectivity index (χ4v) is 3.79. The van der Waals surface area contributed by atoms with Crippen LogP contribution in [0.25, 0.3) is 0 Å². The van der Waals surface area contributed by atoms with Gasteiger partial charge in [0, 0.05) is 31.4 Å². The third kappa shape index (κ3) is 2.90. The lowest BCUT2D eigenvalue weighted by atomic mass is 9.88. The van der Waals surface area contributed by atoms with Crippen LogP contribution in [0.1, 0.15) is 38.5 Å². The van der Waals surface area contributed by atoms with Gasteiger partial charge in [0.2, 0.25) is 5.56 Å². The Labute approximate surface area is 120 Å². The van der Waals surface area contributed by atoms with Crippen LogP contribution in [0.15, 0.2) is 23.1 Å². The third-order valence-corrected chi connectivity index (χ3v) is 4.87. The van der Waals surface area contributed by atoms with E-state index in [4.69, 9.17) is 0 Å². The average molecular weight is 275 g/mol. The number of aromatic nitrogens is 1. The van der Waals surface area contributed by atoms with Gasteiger partial charge in [0.1, 0.15) is 0 Å². The number of anilines is 1. The molecule has 0 amide bonds. The Hall–Kier alpha value is -1.29. The number of rotatable bonds is 3. The summed E-state index contributed by atoms with van der Waals surface area (Å²) in [7, 11) is 1.81. The van der Waals surface area contributed by atoms with Gasteiger partial charge in [-0.15, -0.1) is 0 Å². The molecule has 1 aliphatic carbocycles. The molecule has 110 valence electrons. The molecule has 4 heteroatoms. The van der Waals surface area contributed by atoms with E-state index in [2.05, 4.69) is 10.6 Å². The maximum atomic E-state index is 11.4. The van der Waals surface area contributed by atoms with Crippen LogP contribution in [-0.4, -0.2) is 23.2 Å². The first kappa shape index (κ1) is 13.7. The van der Waals surface area contributed by atoms with Gasteiger partial charge in [0.05, 0.1) is 5.69 Å². The van der Waals surface area contributed by atoms with Gasteiger partial charge in [-0.3, -0.25) is 4.79 Å². The largest absolute Gasteiger partial charge is 0.381 e. The minimum atomic E-state index is 0.0486. The summed E-state index contributed by atoms with van der Waals surface area (Å²) in [5, 5.41) is 7.36. The highest BCUT2D eigenvalue weighted by atomic mass is 16.1. The Bertz CT molecular complexity index is 505. The zero-order valence-electron chi connectivity index (χ0n) is 12.3. The van der Waals surface area contributed by atoms with Crippen LogP contribution in [0.3, 0.4) is 0 Å². The highest BCUT2D eigenvalue weighted by molar-refractivity contribution is 5.41. The number of pyridine rings is 1. The molecule has 2 N–H and O–H groups in total. The quantitative estimate of drug-likeness (QED) is 0.888. The standard InChI is InChI=1S/C16H25N3O/c1-19-11-12(8-9-16(19)20)18-15-7-4-5-13(15)14-6-2-3-10-17-14/h8-9,11,13-15,17-18H,2-7,10H2,1H3. The predicted octanol–water partition coefficient (Wildman–Crippen LogP) is 2.11. The van der Waals surface area contributed by atoms with Gasteiger partial charge in [-0.1, -0.05) is 12.8 Å². The molecule has 0 aromatic carbocycles. The third-order valence-electron chi connectivity index (χ3n) is 4.87. The first-order valence-electron chi connectivity index (χ1n) is 7.90. The lowest BCUT2D eigenvalue weighted by Gasteiger charge is -2.33. The number of piperidine rings is 1. The van der Waals surface area contributed by atoms with Gasteiger partial charge in [0.25, 0.3) is 0 Å². The first-order valence-corrected chi connectivity index (χ1v) is 7.90. The molecule has 0 bridgehead atoms. The molecule has 3 unspecified atom stereocenters. The highest BCUT2D eigenvalue weighted by Gasteiger charge is 2.34. The summed E-state index contributed by atoms with van der Waals surface area (Å²) in [4.78, 5) is 11.4. The number of hydrogen-bond donors (Lipinski definition) is 2. The normalized spacial score (nSPS) is 30.4. The number of nitrogens with one attached hydrogen (secondary N) is 2. The molecule has 3 rings (SSSR count). The molecule has 2 aliphatic rings. The number of aryl methyl sites for hydroxylation is 1. The summed E-state index contributed by atoms with van der Waals surface area (Å²) in [6.45, 7) is 1.17. The Morgan fingerprint density at radius 3 is 2.85 bits per heavy atom. The highest BCUT2D eigenvalue weighted by Crippen LogP contribution is 2.33. The molecule has 4 nitrogen and oxygen atoms in total. The molecule has 0 radical (unpaired) electrons. The van der Waals surface area contributed by atoms with Gasteiger partial charge < -0.3 is 15.2 Å². The van der Waals surface area contributed by atoms with Crippen molar-refractivity contribution >= 4 is 5.69 Å². The van der Waals surface area contributed by atoms with Crippen LogP contribution in [0.4, 0.5) is 5.69 Å². The van der Waals surface area contributed by atoms with Gasteiger partial charge in [-0.2, -0.15) is 0 Å². The molecular weight excluding hydrogens is 250 g/mol. The molecule has 3 atom stereocenters. The van der Waals surface area contributed by atoms with E-state index in [1.54, 1.807) is 10.6 Å². The van der Waals surface area contributed by atoms with Gasteiger partial charge in [-0.25, -0.2) is 0 Å². The number of nitrogens with zero attached hydrogens (tertiary/aromatic N) is 1. The summed E-state index contributed by atoms with van der Waals surface area (Å²) < 4.78 is 1.64. The Balaban J connectivity index is 1.68. The molecule has 0 spiro atoms. The summed E-state index contributed by atoms with van der Waals surface area (Å²) >= 11 is 0. The van der Waals surface area contributed by atoms with Crippen molar-refractivity contribution in [3.63, 3.8) is 0 Å². The van der Waals surface area contributed by atoms with E-state index in [1.807, 2.05) is 19.3 Å². The van der Waals surface area contributed by atoms with Crippen molar-refractivity contribution in [2.75, 3.05) is 11.9 Å². The van der Waals surface area contributed by atoms with Gasteiger partial charge >= 0.3 is 0 Å². The second-order valence-electron chi connectivity index (χ2n) is 6.27. The van der Waals surface area contributed by atoms with E-state index in [0.717, 1.165) is 11.6 Å². The molecule has 1 aromatic heterocycles. The average Bonchev–Trinajstić information content (AvgIpc) is 2.92. The topological polar surface area (TPSA) is 46.1 Å². The van der Waals surface area contributed by atoms with Crippen LogP contribution in [0.2, 0.25) is 0 Å². The predicted molar refractivity (Wildman–Crippen MR) is 82.1 cm³/mol. The maximum Gasteiger partial charge on any atom is 0.250 e. The van der Waals surface area contributed by atoms with E-state index < -0.39 is 0 Å². The fraction of sp³-hybridized carbons (Fsp3) is 0.688. The van der Waals surface area contributed by atoms with E-state index in [1.165, 1.54) is 45.1 Å². The lowest BCUT2D eigenvalue weighted by Crippen LogP contribution is -2.44. The molecule has 2 fully saturated rings. The van der Waals surface area contributed by atoms with Crippen molar-refractivity contribution in [3.05, 3.63) is 28.7 Å². The van der Waals surface area contributed by atoms with Gasteiger partial charge in [0.15, 0.2) is 0 Å². The molecule has 1 saturated carbocycles. The smallest absolute Gasteiger partial charge is 0.250 e. The molecular formula is C16H25N3O. The summed E-state index contributed by atoms with van der Waals surface area (Å²) in [5.74, 6) is 0.729. The van der Waals surface area contributed by atoms with Crippen molar-refractivity contribution < 1.29 is 0 Å². The van der Waals surface area contributed by atoms with E-state index in [9.17, 15) is 4.79 Å².